The van der Waals surface area contributed by atoms with Gasteiger partial charge in [-0.1, -0.05) is 47.1 Å². The molecule has 9 aliphatic rings. The summed E-state index contributed by atoms with van der Waals surface area (Å²) in [6.07, 6.45) is -34.0. The van der Waals surface area contributed by atoms with E-state index in [9.17, 15) is 85.9 Å². The topological polar surface area (TPSA) is 425 Å². The van der Waals surface area contributed by atoms with Gasteiger partial charge in [-0.2, -0.15) is 0 Å². The van der Waals surface area contributed by atoms with Gasteiger partial charge >= 0.3 is 17.9 Å². The number of ketones is 1. The summed E-state index contributed by atoms with van der Waals surface area (Å²) in [5.74, 6) is -5.09. The average Bonchev–Trinajstić information content (AvgIpc) is 3.41. The van der Waals surface area contributed by atoms with Gasteiger partial charge in [0.1, 0.15) is 85.5 Å². The van der Waals surface area contributed by atoms with Crippen LogP contribution < -0.4 is 0 Å². The van der Waals surface area contributed by atoms with Crippen molar-refractivity contribution in [2.24, 2.45) is 50.2 Å². The van der Waals surface area contributed by atoms with Gasteiger partial charge in [-0.15, -0.1) is 0 Å². The third kappa shape index (κ3) is 9.79. The largest absolute Gasteiger partial charge is 0.481 e. The van der Waals surface area contributed by atoms with Crippen molar-refractivity contribution in [1.82, 2.24) is 0 Å². The minimum Gasteiger partial charge on any atom is -0.481 e. The highest BCUT2D eigenvalue weighted by molar-refractivity contribution is 5.95. The molecule has 4 saturated heterocycles. The van der Waals surface area contributed by atoms with E-state index in [1.54, 1.807) is 0 Å². The number of carboxylic acid groups (broad SMARTS) is 3. The van der Waals surface area contributed by atoms with E-state index in [-0.39, 0.29) is 29.5 Å². The second kappa shape index (κ2) is 21.8. The molecule has 0 amide bonds. The van der Waals surface area contributed by atoms with Gasteiger partial charge in [-0.25, -0.2) is 9.59 Å². The zero-order chi connectivity index (χ0) is 58.9. The molecule has 0 radical (unpaired) electrons. The maximum absolute atomic E-state index is 15.0. The van der Waals surface area contributed by atoms with Gasteiger partial charge in [-0.05, 0) is 110 Å². The number of rotatable bonds is 13. The first-order valence-electron chi connectivity index (χ1n) is 27.8. The van der Waals surface area contributed by atoms with E-state index in [1.165, 1.54) is 0 Å². The molecular weight excluding hydrogens is 1060 g/mol. The standard InChI is InChI=1S/C54H82O26/c1-49(2)25-8-11-54(7)41(22(57)16-20-21-17-51(4,48(71)72)13-12-50(21,3)14-15-53(20,54)6)52(25,5)10-9-26(49)75-47-39(30(61)29(60)38(78-47)42(67)68)79-46-35(66)32(63)37(40(80-46)43(69)70)77-45-34(65)31(62)36(24(19-56)74-45)76-44-33(64)28(59)27(58)23(18-55)73-44/h16,21,23-41,44-47,55-56,58-66H,8-15,17-19H2,1-7H3,(H,67,68)(H,69,70)(H,71,72)/t21?,23-,24-,25+,26+,27-,28+,29+,30+,31-,32-,33-,34-,35-,36-,37+,38+,39-,40+,41-,44-,45-,46-,47-,50-,51+,52+,53-,54-/m1/s1. The summed E-state index contributed by atoms with van der Waals surface area (Å²) in [5.41, 5.74) is -2.36. The van der Waals surface area contributed by atoms with Crippen LogP contribution in [-0.4, -0.2) is 237 Å². The van der Waals surface area contributed by atoms with Gasteiger partial charge in [0, 0.05) is 5.92 Å². The third-order valence-electron chi connectivity index (χ3n) is 21.4. The summed E-state index contributed by atoms with van der Waals surface area (Å²) in [7, 11) is 0. The van der Waals surface area contributed by atoms with Crippen LogP contribution in [0.5, 0.6) is 0 Å². The van der Waals surface area contributed by atoms with Crippen LogP contribution in [-0.2, 0) is 57.1 Å². The highest BCUT2D eigenvalue weighted by atomic mass is 16.8. The molecule has 29 atom stereocenters. The Labute approximate surface area is 461 Å². The van der Waals surface area contributed by atoms with Crippen molar-refractivity contribution in [2.75, 3.05) is 13.2 Å². The molecule has 4 heterocycles. The molecule has 0 bridgehead atoms. The van der Waals surface area contributed by atoms with Crippen LogP contribution in [0.25, 0.3) is 0 Å². The van der Waals surface area contributed by atoms with E-state index in [2.05, 4.69) is 27.7 Å². The highest BCUT2D eigenvalue weighted by Gasteiger charge is 2.71. The first-order chi connectivity index (χ1) is 37.2. The fraction of sp³-hybridized carbons (Fsp3) is 0.889. The predicted octanol–water partition coefficient (Wildman–Crippen LogP) is -2.11. The number of carbonyl (C=O) groups excluding carboxylic acids is 1. The van der Waals surface area contributed by atoms with Crippen molar-refractivity contribution in [1.29, 1.82) is 0 Å². The molecule has 454 valence electrons. The van der Waals surface area contributed by atoms with Gasteiger partial charge in [0.2, 0.25) is 0 Å². The first kappa shape index (κ1) is 61.6. The summed E-state index contributed by atoms with van der Waals surface area (Å²) < 4.78 is 46.3. The van der Waals surface area contributed by atoms with Crippen LogP contribution in [0, 0.1) is 50.2 Å². The van der Waals surface area contributed by atoms with Crippen LogP contribution in [0.2, 0.25) is 0 Å². The van der Waals surface area contributed by atoms with Gasteiger partial charge in [0.25, 0.3) is 0 Å². The number of hydrogen-bond donors (Lipinski definition) is 14. The fourth-order valence-corrected chi connectivity index (χ4v) is 16.3. The molecule has 0 aromatic rings. The van der Waals surface area contributed by atoms with Crippen LogP contribution in [0.3, 0.4) is 0 Å². The molecule has 9 rings (SSSR count). The molecule has 4 saturated carbocycles. The van der Waals surface area contributed by atoms with Crippen LogP contribution in [0.4, 0.5) is 0 Å². The summed E-state index contributed by atoms with van der Waals surface area (Å²) in [4.78, 5) is 53.0. The van der Waals surface area contributed by atoms with Gasteiger partial charge < -0.3 is 109 Å². The highest BCUT2D eigenvalue weighted by Crippen LogP contribution is 2.75. The number of fused-ring (bicyclic) bond motifs is 7. The first-order valence-corrected chi connectivity index (χ1v) is 27.8. The molecule has 4 aliphatic heterocycles. The van der Waals surface area contributed by atoms with Crippen molar-refractivity contribution < 1.29 is 129 Å². The van der Waals surface area contributed by atoms with Gasteiger partial charge in [0.05, 0.1) is 24.7 Å². The quantitative estimate of drug-likeness (QED) is 0.0878. The molecular formula is C54H82O26. The van der Waals surface area contributed by atoms with Crippen molar-refractivity contribution in [3.63, 3.8) is 0 Å². The Morgan fingerprint density at radius 1 is 0.550 bits per heavy atom. The lowest BCUT2D eigenvalue weighted by atomic mass is 9.33. The van der Waals surface area contributed by atoms with Gasteiger partial charge in [0.15, 0.2) is 43.2 Å². The Morgan fingerprint density at radius 2 is 1.07 bits per heavy atom. The molecule has 14 N–H and O–H groups in total. The normalized spacial score (nSPS) is 53.0. The zero-order valence-electron chi connectivity index (χ0n) is 45.9. The smallest absolute Gasteiger partial charge is 0.335 e. The molecule has 5 aliphatic carbocycles. The maximum Gasteiger partial charge on any atom is 0.335 e. The van der Waals surface area contributed by atoms with Crippen molar-refractivity contribution in [2.45, 2.75) is 235 Å². The number of ether oxygens (including phenoxy) is 8. The number of aliphatic hydroxyl groups is 11. The van der Waals surface area contributed by atoms with Crippen LogP contribution in [0.15, 0.2) is 11.6 Å². The number of aliphatic carboxylic acids is 3. The van der Waals surface area contributed by atoms with Crippen molar-refractivity contribution >= 4 is 23.7 Å². The Hall–Kier alpha value is -2.94. The Balaban J connectivity index is 0.919. The summed E-state index contributed by atoms with van der Waals surface area (Å²) in [6, 6.07) is 0. The molecule has 0 spiro atoms. The Morgan fingerprint density at radius 3 is 1.68 bits per heavy atom. The minimum absolute atomic E-state index is 0.00275. The van der Waals surface area contributed by atoms with E-state index < -0.39 is 193 Å². The number of allylic oxidation sites excluding steroid dienone is 2. The molecule has 26 heteroatoms. The monoisotopic (exact) mass is 1150 g/mol. The van der Waals surface area contributed by atoms with E-state index in [1.807, 2.05) is 26.8 Å². The van der Waals surface area contributed by atoms with Crippen molar-refractivity contribution in [3.05, 3.63) is 11.6 Å². The van der Waals surface area contributed by atoms with E-state index in [0.717, 1.165) is 24.8 Å². The summed E-state index contributed by atoms with van der Waals surface area (Å²) in [6.45, 7) is 12.7. The summed E-state index contributed by atoms with van der Waals surface area (Å²) >= 11 is 0. The third-order valence-corrected chi connectivity index (χ3v) is 21.4. The number of aliphatic hydroxyl groups excluding tert-OH is 11. The number of hydrogen-bond acceptors (Lipinski definition) is 23. The maximum atomic E-state index is 15.0. The van der Waals surface area contributed by atoms with E-state index >= 15 is 4.79 Å². The Bertz CT molecular complexity index is 2370. The second-order valence-electron chi connectivity index (χ2n) is 26.2. The van der Waals surface area contributed by atoms with Crippen LogP contribution in [0.1, 0.15) is 106 Å². The number of carboxylic acids is 3. The Kier molecular flexibility index (Phi) is 16.8. The lowest BCUT2D eigenvalue weighted by molar-refractivity contribution is -0.390. The van der Waals surface area contributed by atoms with Crippen LogP contribution >= 0.6 is 0 Å². The lowest BCUT2D eigenvalue weighted by Crippen LogP contribution is -2.68. The van der Waals surface area contributed by atoms with E-state index in [4.69, 9.17) is 37.9 Å². The van der Waals surface area contributed by atoms with E-state index in [0.29, 0.717) is 32.1 Å². The predicted molar refractivity (Wildman–Crippen MR) is 265 cm³/mol. The number of carbonyl (C=O) groups is 4. The molecule has 8 fully saturated rings. The minimum atomic E-state index is -2.33. The molecule has 0 aromatic heterocycles. The average molecular weight is 1150 g/mol. The van der Waals surface area contributed by atoms with Gasteiger partial charge in [-0.3, -0.25) is 9.59 Å². The SMILES string of the molecule is CC1(C)[C@@H](O[C@@H]2O[C@H](C(=O)O)[C@@H](O)[C@H](O)[C@H]2O[C@@H]2O[C@H](C(=O)O)[C@@H](O[C@H]3O[C@H](CO)[C@@H](O[C@H]4O[C@H](CO)[C@@H](O)[C@H](O)[C@H]4O)[C@H](O)[C@H]3O)[C@H](O)[C@H]2O)CC[C@]2(C)[C@H]3C(=O)C=C4C5C[C@@](C)(C(=O)O)CC[C@]5(C)CC[C@@]4(C)[C@]3(C)CC[C@@H]12. The lowest BCUT2D eigenvalue weighted by Gasteiger charge is -2.70. The second-order valence-corrected chi connectivity index (χ2v) is 26.2. The molecule has 80 heavy (non-hydrogen) atoms. The molecule has 0 aromatic carbocycles. The summed E-state index contributed by atoms with van der Waals surface area (Å²) in [5, 5.41) is 150. The molecule has 26 nitrogen and oxygen atoms in total. The zero-order valence-corrected chi connectivity index (χ0v) is 45.9. The molecule has 1 unspecified atom stereocenters. The van der Waals surface area contributed by atoms with Crippen molar-refractivity contribution in [3.8, 4) is 0 Å². The fourth-order valence-electron chi connectivity index (χ4n) is 16.3.